The Labute approximate surface area is 205 Å². The second-order valence-electron chi connectivity index (χ2n) is 12.5. The smallest absolute Gasteiger partial charge is 0.266 e. The fourth-order valence-corrected chi connectivity index (χ4v) is 9.49. The van der Waals surface area contributed by atoms with E-state index in [4.69, 9.17) is 4.55 Å². The summed E-state index contributed by atoms with van der Waals surface area (Å²) in [5.74, 6) is 2.28. The molecule has 196 valence electrons. The summed E-state index contributed by atoms with van der Waals surface area (Å²) in [5, 5.41) is 24.5. The third-order valence-corrected chi connectivity index (χ3v) is 11.7. The zero-order valence-electron chi connectivity index (χ0n) is 21.1. The summed E-state index contributed by atoms with van der Waals surface area (Å²) < 4.78 is 30.5. The summed E-state index contributed by atoms with van der Waals surface area (Å²) in [6, 6.07) is 0. The molecule has 0 saturated heterocycles. The Balaban J connectivity index is 1.40. The summed E-state index contributed by atoms with van der Waals surface area (Å²) in [6.45, 7) is 6.86. The number of nitrogens with one attached hydrogen (secondary N) is 1. The summed E-state index contributed by atoms with van der Waals surface area (Å²) in [4.78, 5) is 12.2. The van der Waals surface area contributed by atoms with Crippen molar-refractivity contribution in [2.24, 2.45) is 46.3 Å². The Morgan fingerprint density at radius 2 is 1.79 bits per heavy atom. The third kappa shape index (κ3) is 4.81. The highest BCUT2D eigenvalue weighted by atomic mass is 32.2. The first-order chi connectivity index (χ1) is 15.9. The van der Waals surface area contributed by atoms with E-state index in [9.17, 15) is 23.4 Å². The van der Waals surface area contributed by atoms with E-state index in [-0.39, 0.29) is 35.5 Å². The van der Waals surface area contributed by atoms with E-state index >= 15 is 0 Å². The van der Waals surface area contributed by atoms with Crippen LogP contribution in [0.25, 0.3) is 0 Å². The summed E-state index contributed by atoms with van der Waals surface area (Å²) in [6.07, 6.45) is 8.93. The number of rotatable bonds is 7. The van der Waals surface area contributed by atoms with Crippen molar-refractivity contribution in [3.8, 4) is 0 Å². The lowest BCUT2D eigenvalue weighted by Crippen LogP contribution is -2.58. The number of hydrogen-bond acceptors (Lipinski definition) is 5. The molecule has 0 spiro atoms. The molecule has 0 bridgehead atoms. The number of carbonyl (C=O) groups excluding carboxylic acids is 1. The maximum absolute atomic E-state index is 12.2. The molecule has 5 unspecified atom stereocenters. The second-order valence-corrected chi connectivity index (χ2v) is 14.1. The van der Waals surface area contributed by atoms with E-state index in [1.54, 1.807) is 0 Å². The second kappa shape index (κ2) is 9.64. The maximum atomic E-state index is 12.2. The number of aliphatic hydroxyl groups excluding tert-OH is 2. The van der Waals surface area contributed by atoms with Crippen LogP contribution in [0.3, 0.4) is 0 Å². The lowest BCUT2D eigenvalue weighted by Gasteiger charge is -2.62. The van der Waals surface area contributed by atoms with Gasteiger partial charge in [0.15, 0.2) is 0 Å². The maximum Gasteiger partial charge on any atom is 0.266 e. The molecule has 4 N–H and O–H groups in total. The van der Waals surface area contributed by atoms with E-state index in [1.807, 2.05) is 0 Å². The molecule has 34 heavy (non-hydrogen) atoms. The Bertz CT molecular complexity index is 863. The van der Waals surface area contributed by atoms with Crippen molar-refractivity contribution in [2.45, 2.75) is 97.2 Å². The first-order valence-corrected chi connectivity index (χ1v) is 15.0. The molecule has 0 aliphatic heterocycles. The zero-order chi connectivity index (χ0) is 24.9. The van der Waals surface area contributed by atoms with Gasteiger partial charge in [-0.1, -0.05) is 20.8 Å². The van der Waals surface area contributed by atoms with Crippen LogP contribution in [0.15, 0.2) is 0 Å². The highest BCUT2D eigenvalue weighted by Crippen LogP contribution is 2.68. The molecule has 0 aromatic heterocycles. The van der Waals surface area contributed by atoms with Crippen LogP contribution >= 0.6 is 0 Å². The molecule has 4 saturated carbocycles. The molecular formula is C26H45NO6S. The Kier molecular flexibility index (Phi) is 7.47. The predicted octanol–water partition coefficient (Wildman–Crippen LogP) is 3.40. The molecule has 0 aromatic carbocycles. The third-order valence-electron chi connectivity index (χ3n) is 11.0. The predicted molar refractivity (Wildman–Crippen MR) is 130 cm³/mol. The minimum atomic E-state index is -4.07. The molecule has 0 heterocycles. The van der Waals surface area contributed by atoms with E-state index in [0.29, 0.717) is 48.3 Å². The van der Waals surface area contributed by atoms with Crippen molar-refractivity contribution in [2.75, 3.05) is 12.3 Å². The SMILES string of the molecule is CC(CCC(=O)NCCS(=O)(=O)O)[C@H]1CCC2C3CCC4C[C@H](O)CC[C@]4(C)C3C[C@H](O)[C@@]21C. The van der Waals surface area contributed by atoms with Gasteiger partial charge in [0.05, 0.1) is 18.0 Å². The molecule has 4 fully saturated rings. The van der Waals surface area contributed by atoms with Gasteiger partial charge in [0.25, 0.3) is 10.1 Å². The van der Waals surface area contributed by atoms with Crippen LogP contribution in [0.2, 0.25) is 0 Å². The number of aliphatic hydroxyl groups is 2. The normalized spacial score (nSPS) is 45.1. The molecule has 10 atom stereocenters. The quantitative estimate of drug-likeness (QED) is 0.398. The largest absolute Gasteiger partial charge is 0.393 e. The van der Waals surface area contributed by atoms with E-state index < -0.39 is 15.9 Å². The van der Waals surface area contributed by atoms with Crippen LogP contribution in [0, 0.1) is 46.3 Å². The van der Waals surface area contributed by atoms with E-state index in [1.165, 1.54) is 12.8 Å². The summed E-state index contributed by atoms with van der Waals surface area (Å²) in [7, 11) is -4.07. The van der Waals surface area contributed by atoms with Crippen LogP contribution in [0.1, 0.15) is 85.0 Å². The number of carbonyl (C=O) groups is 1. The van der Waals surface area contributed by atoms with Gasteiger partial charge in [-0.15, -0.1) is 0 Å². The van der Waals surface area contributed by atoms with E-state index in [0.717, 1.165) is 38.5 Å². The molecule has 1 amide bonds. The topological polar surface area (TPSA) is 124 Å². The van der Waals surface area contributed by atoms with Crippen LogP contribution < -0.4 is 5.32 Å². The van der Waals surface area contributed by atoms with Crippen molar-refractivity contribution in [3.63, 3.8) is 0 Å². The summed E-state index contributed by atoms with van der Waals surface area (Å²) in [5.41, 5.74) is 0.105. The van der Waals surface area contributed by atoms with Crippen molar-refractivity contribution in [3.05, 3.63) is 0 Å². The lowest BCUT2D eigenvalue weighted by molar-refractivity contribution is -0.174. The van der Waals surface area contributed by atoms with Crippen LogP contribution in [0.5, 0.6) is 0 Å². The first kappa shape index (κ1) is 26.4. The Morgan fingerprint density at radius 1 is 1.06 bits per heavy atom. The molecule has 0 radical (unpaired) electrons. The van der Waals surface area contributed by atoms with Crippen molar-refractivity contribution in [1.82, 2.24) is 5.32 Å². The van der Waals surface area contributed by atoms with Crippen LogP contribution in [-0.4, -0.2) is 53.6 Å². The molecule has 4 aliphatic carbocycles. The lowest BCUT2D eigenvalue weighted by atomic mass is 9.43. The van der Waals surface area contributed by atoms with Gasteiger partial charge in [-0.05, 0) is 104 Å². The van der Waals surface area contributed by atoms with Gasteiger partial charge >= 0.3 is 0 Å². The highest BCUT2D eigenvalue weighted by Gasteiger charge is 2.63. The first-order valence-electron chi connectivity index (χ1n) is 13.4. The zero-order valence-corrected chi connectivity index (χ0v) is 21.9. The fraction of sp³-hybridized carbons (Fsp3) is 0.962. The monoisotopic (exact) mass is 499 g/mol. The summed E-state index contributed by atoms with van der Waals surface area (Å²) >= 11 is 0. The van der Waals surface area contributed by atoms with Gasteiger partial charge in [0, 0.05) is 13.0 Å². The standard InChI is InChI=1S/C26H45NO6S/c1-16(4-9-24(30)27-12-13-34(31,32)33)20-7-8-21-19-6-5-17-14-18(28)10-11-25(17,2)22(19)15-23(29)26(20,21)3/h16-23,28-29H,4-15H2,1-3H3,(H,27,30)(H,31,32,33)/t16?,17?,18-,19?,20-,21?,22?,23+,25+,26-/m1/s1. The van der Waals surface area contributed by atoms with Gasteiger partial charge in [-0.25, -0.2) is 0 Å². The molecule has 8 heteroatoms. The van der Waals surface area contributed by atoms with Crippen LogP contribution in [-0.2, 0) is 14.9 Å². The molecule has 0 aromatic rings. The minimum absolute atomic E-state index is 0.0756. The van der Waals surface area contributed by atoms with Gasteiger partial charge in [-0.2, -0.15) is 8.42 Å². The molecule has 4 rings (SSSR count). The number of hydrogen-bond donors (Lipinski definition) is 4. The van der Waals surface area contributed by atoms with Gasteiger partial charge in [-0.3, -0.25) is 9.35 Å². The molecular weight excluding hydrogens is 454 g/mol. The number of amides is 1. The highest BCUT2D eigenvalue weighted by molar-refractivity contribution is 7.85. The average molecular weight is 500 g/mol. The number of fused-ring (bicyclic) bond motifs is 5. The van der Waals surface area contributed by atoms with Crippen molar-refractivity contribution in [1.29, 1.82) is 0 Å². The Morgan fingerprint density at radius 3 is 2.50 bits per heavy atom. The van der Waals surface area contributed by atoms with Gasteiger partial charge in [0.1, 0.15) is 0 Å². The Hall–Kier alpha value is -0.700. The van der Waals surface area contributed by atoms with Crippen molar-refractivity contribution >= 4 is 16.0 Å². The van der Waals surface area contributed by atoms with Gasteiger partial charge in [0.2, 0.25) is 5.91 Å². The fourth-order valence-electron chi connectivity index (χ4n) is 9.13. The average Bonchev–Trinajstić information content (AvgIpc) is 3.11. The van der Waals surface area contributed by atoms with Gasteiger partial charge < -0.3 is 15.5 Å². The minimum Gasteiger partial charge on any atom is -0.393 e. The van der Waals surface area contributed by atoms with E-state index in [2.05, 4.69) is 26.1 Å². The van der Waals surface area contributed by atoms with Crippen molar-refractivity contribution < 1.29 is 28.0 Å². The molecule has 7 nitrogen and oxygen atoms in total. The molecule has 4 aliphatic rings. The van der Waals surface area contributed by atoms with Crippen LogP contribution in [0.4, 0.5) is 0 Å².